The Labute approximate surface area is 195 Å². The van der Waals surface area contributed by atoms with Gasteiger partial charge < -0.3 is 24.9 Å². The molecule has 0 aliphatic carbocycles. The summed E-state index contributed by atoms with van der Waals surface area (Å²) >= 11 is 5.10. The van der Waals surface area contributed by atoms with Gasteiger partial charge in [-0.25, -0.2) is 4.68 Å². The topological polar surface area (TPSA) is 111 Å². The Hall–Kier alpha value is -2.40. The first-order chi connectivity index (χ1) is 13.5. The van der Waals surface area contributed by atoms with Gasteiger partial charge in [-0.15, -0.1) is 0 Å². The van der Waals surface area contributed by atoms with Crippen molar-refractivity contribution in [1.82, 2.24) is 20.2 Å². The Morgan fingerprint density at radius 3 is 2.79 bits per heavy atom. The van der Waals surface area contributed by atoms with E-state index in [0.717, 1.165) is 17.1 Å². The number of tetrazole rings is 1. The Bertz CT molecular complexity index is 1020. The summed E-state index contributed by atoms with van der Waals surface area (Å²) in [6.07, 6.45) is 0. The quantitative estimate of drug-likeness (QED) is 0.252. The summed E-state index contributed by atoms with van der Waals surface area (Å²) in [5.41, 5.74) is 2.34. The molecular formula is C18H19N6NaO3S. The number of carbonyl (C=O) groups is 1. The number of benzene rings is 2. The Morgan fingerprint density at radius 2 is 2.10 bits per heavy atom. The third kappa shape index (κ3) is 5.80. The van der Waals surface area contributed by atoms with E-state index in [-0.39, 0.29) is 36.3 Å². The van der Waals surface area contributed by atoms with Crippen LogP contribution in [0.15, 0.2) is 48.5 Å². The summed E-state index contributed by atoms with van der Waals surface area (Å²) in [5, 5.41) is 24.3. The van der Waals surface area contributed by atoms with Gasteiger partial charge in [0, 0.05) is 24.5 Å². The average molecular weight is 422 g/mol. The van der Waals surface area contributed by atoms with Gasteiger partial charge in [0.1, 0.15) is 5.75 Å². The SMILES string of the molecule is CC(C(=O)[O-])N(C)c1cccc(OCNc2cccc(-n3[nH]nnc3=S)c2)c1.[Na+]. The minimum absolute atomic E-state index is 0. The molecular weight excluding hydrogens is 403 g/mol. The molecule has 146 valence electrons. The van der Waals surface area contributed by atoms with Crippen molar-refractivity contribution in [1.29, 1.82) is 0 Å². The summed E-state index contributed by atoms with van der Waals surface area (Å²) < 4.78 is 7.65. The van der Waals surface area contributed by atoms with Crippen molar-refractivity contribution >= 4 is 29.6 Å². The molecule has 0 fully saturated rings. The molecule has 1 atom stereocenters. The van der Waals surface area contributed by atoms with E-state index >= 15 is 0 Å². The van der Waals surface area contributed by atoms with E-state index in [1.54, 1.807) is 41.8 Å². The van der Waals surface area contributed by atoms with E-state index in [0.29, 0.717) is 10.5 Å². The van der Waals surface area contributed by atoms with Gasteiger partial charge in [-0.3, -0.25) is 0 Å². The van der Waals surface area contributed by atoms with Crippen LogP contribution < -0.4 is 49.6 Å². The second-order valence-electron chi connectivity index (χ2n) is 6.04. The summed E-state index contributed by atoms with van der Waals surface area (Å²) in [6.45, 7) is 1.79. The maximum atomic E-state index is 11.0. The Kier molecular flexibility index (Phi) is 8.21. The van der Waals surface area contributed by atoms with E-state index in [9.17, 15) is 9.90 Å². The number of rotatable bonds is 8. The zero-order chi connectivity index (χ0) is 20.1. The maximum Gasteiger partial charge on any atom is 1.00 e. The zero-order valence-electron chi connectivity index (χ0n) is 16.3. The fraction of sp³-hybridized carbons (Fsp3) is 0.222. The smallest absolute Gasteiger partial charge is 0.548 e. The largest absolute Gasteiger partial charge is 1.00 e. The van der Waals surface area contributed by atoms with Gasteiger partial charge in [0.2, 0.25) is 4.77 Å². The van der Waals surface area contributed by atoms with Gasteiger partial charge in [0.05, 0.1) is 17.7 Å². The first kappa shape index (κ1) is 22.9. The number of carbonyl (C=O) groups excluding carboxylic acids is 1. The van der Waals surface area contributed by atoms with Crippen LogP contribution in [-0.2, 0) is 4.79 Å². The van der Waals surface area contributed by atoms with Crippen molar-refractivity contribution in [2.75, 3.05) is 24.0 Å². The first-order valence-corrected chi connectivity index (χ1v) is 8.87. The molecule has 9 nitrogen and oxygen atoms in total. The number of H-pyrrole nitrogens is 1. The number of carboxylic acid groups (broad SMARTS) is 1. The molecule has 2 aromatic carbocycles. The number of aliphatic carboxylic acids is 1. The number of aromatic amines is 1. The maximum absolute atomic E-state index is 11.0. The molecule has 2 N–H and O–H groups in total. The fourth-order valence-electron chi connectivity index (χ4n) is 2.50. The summed E-state index contributed by atoms with van der Waals surface area (Å²) in [6, 6.07) is 14.0. The minimum Gasteiger partial charge on any atom is -0.548 e. The molecule has 0 spiro atoms. The zero-order valence-corrected chi connectivity index (χ0v) is 19.1. The predicted molar refractivity (Wildman–Crippen MR) is 105 cm³/mol. The summed E-state index contributed by atoms with van der Waals surface area (Å²) in [7, 11) is 1.69. The van der Waals surface area contributed by atoms with E-state index in [4.69, 9.17) is 17.0 Å². The molecule has 0 aliphatic heterocycles. The predicted octanol–water partition coefficient (Wildman–Crippen LogP) is -1.65. The van der Waals surface area contributed by atoms with Gasteiger partial charge in [0.15, 0.2) is 6.73 Å². The molecule has 0 radical (unpaired) electrons. The standard InChI is InChI=1S/C18H20N6O3S.Na/c1-12(17(25)26)23(2)14-6-4-8-16(10-14)27-11-19-13-5-3-7-15(9-13)24-18(28)20-21-22-24;/h3-10,12,19H,11H2,1-2H3,(H,25,26)(H,20,22,28);/q;+1/p-1. The van der Waals surface area contributed by atoms with Crippen LogP contribution in [0, 0.1) is 4.77 Å². The van der Waals surface area contributed by atoms with E-state index < -0.39 is 12.0 Å². The molecule has 0 aliphatic rings. The number of nitrogens with one attached hydrogen (secondary N) is 2. The average Bonchev–Trinajstić information content (AvgIpc) is 3.13. The molecule has 3 aromatic rings. The molecule has 11 heteroatoms. The number of likely N-dealkylation sites (N-methyl/N-ethyl adjacent to an activating group) is 1. The third-order valence-electron chi connectivity index (χ3n) is 4.24. The number of hydrogen-bond acceptors (Lipinski definition) is 8. The molecule has 0 amide bonds. The fourth-order valence-corrected chi connectivity index (χ4v) is 2.68. The number of carboxylic acids is 1. The van der Waals surface area contributed by atoms with Crippen LogP contribution in [0.5, 0.6) is 5.75 Å². The van der Waals surface area contributed by atoms with Crippen molar-refractivity contribution in [2.24, 2.45) is 0 Å². The molecule has 1 unspecified atom stereocenters. The molecule has 3 rings (SSSR count). The second-order valence-corrected chi connectivity index (χ2v) is 6.40. The number of aromatic nitrogens is 4. The van der Waals surface area contributed by atoms with Crippen LogP contribution in [0.3, 0.4) is 0 Å². The van der Waals surface area contributed by atoms with E-state index in [1.807, 2.05) is 30.3 Å². The van der Waals surface area contributed by atoms with Crippen LogP contribution in [0.1, 0.15) is 6.92 Å². The van der Waals surface area contributed by atoms with Gasteiger partial charge in [-0.05, 0) is 49.5 Å². The van der Waals surface area contributed by atoms with E-state index in [2.05, 4.69) is 20.8 Å². The number of hydrogen-bond donors (Lipinski definition) is 2. The summed E-state index contributed by atoms with van der Waals surface area (Å²) in [5.74, 6) is -0.526. The van der Waals surface area contributed by atoms with Crippen molar-refractivity contribution in [2.45, 2.75) is 13.0 Å². The first-order valence-electron chi connectivity index (χ1n) is 8.46. The number of anilines is 2. The molecule has 0 saturated heterocycles. The molecule has 0 bridgehead atoms. The molecule has 1 heterocycles. The molecule has 29 heavy (non-hydrogen) atoms. The van der Waals surface area contributed by atoms with Crippen LogP contribution in [0.2, 0.25) is 0 Å². The minimum atomic E-state index is -1.14. The Morgan fingerprint density at radius 1 is 1.34 bits per heavy atom. The van der Waals surface area contributed by atoms with Crippen molar-refractivity contribution < 1.29 is 44.2 Å². The Balaban J connectivity index is 0.00000300. The van der Waals surface area contributed by atoms with Crippen molar-refractivity contribution in [3.63, 3.8) is 0 Å². The number of nitrogens with zero attached hydrogens (tertiary/aromatic N) is 4. The van der Waals surface area contributed by atoms with Crippen LogP contribution in [0.25, 0.3) is 5.69 Å². The van der Waals surface area contributed by atoms with Crippen molar-refractivity contribution in [3.05, 3.63) is 53.3 Å². The van der Waals surface area contributed by atoms with Crippen LogP contribution in [0.4, 0.5) is 11.4 Å². The second kappa shape index (κ2) is 10.4. The normalized spacial score (nSPS) is 11.2. The van der Waals surface area contributed by atoms with Gasteiger partial charge >= 0.3 is 29.6 Å². The summed E-state index contributed by atoms with van der Waals surface area (Å²) in [4.78, 5) is 12.7. The van der Waals surface area contributed by atoms with Crippen LogP contribution in [-0.4, -0.2) is 46.0 Å². The monoisotopic (exact) mass is 422 g/mol. The van der Waals surface area contributed by atoms with Crippen molar-refractivity contribution in [3.8, 4) is 11.4 Å². The molecule has 1 aromatic heterocycles. The van der Waals surface area contributed by atoms with Crippen LogP contribution >= 0.6 is 12.2 Å². The number of ether oxygens (including phenoxy) is 1. The van der Waals surface area contributed by atoms with E-state index in [1.165, 1.54) is 0 Å². The van der Waals surface area contributed by atoms with Gasteiger partial charge in [-0.2, -0.15) is 5.21 Å². The van der Waals surface area contributed by atoms with Gasteiger partial charge in [0.25, 0.3) is 0 Å². The molecule has 0 saturated carbocycles. The third-order valence-corrected chi connectivity index (χ3v) is 4.50. The van der Waals surface area contributed by atoms with Gasteiger partial charge in [-0.1, -0.05) is 22.4 Å².